The lowest BCUT2D eigenvalue weighted by Crippen LogP contribution is -1.96. The molecule has 2 rings (SSSR count). The molecule has 0 N–H and O–H groups in total. The number of hydrogen-bond donors (Lipinski definition) is 0. The van der Waals surface area contributed by atoms with Gasteiger partial charge in [-0.1, -0.05) is 12.1 Å². The van der Waals surface area contributed by atoms with Crippen LogP contribution in [0.2, 0.25) is 0 Å². The Labute approximate surface area is 110 Å². The van der Waals surface area contributed by atoms with Gasteiger partial charge in [-0.3, -0.25) is 0 Å². The van der Waals surface area contributed by atoms with Gasteiger partial charge in [-0.2, -0.15) is 5.26 Å². The summed E-state index contributed by atoms with van der Waals surface area (Å²) in [7, 11) is 1.64. The van der Waals surface area contributed by atoms with Crippen molar-refractivity contribution in [2.75, 3.05) is 18.6 Å². The van der Waals surface area contributed by atoms with Crippen LogP contribution in [0.3, 0.4) is 0 Å². The van der Waals surface area contributed by atoms with E-state index in [-0.39, 0.29) is 0 Å². The number of nitriles is 1. The average molecular weight is 263 g/mol. The zero-order valence-electron chi connectivity index (χ0n) is 9.60. The van der Waals surface area contributed by atoms with Crippen LogP contribution in [-0.2, 0) is 0 Å². The molecule has 1 aliphatic heterocycles. The van der Waals surface area contributed by atoms with Crippen LogP contribution in [0, 0.1) is 11.3 Å². The minimum Gasteiger partial charge on any atom is -0.496 e. The van der Waals surface area contributed by atoms with Gasteiger partial charge in [-0.15, -0.1) is 23.5 Å². The van der Waals surface area contributed by atoms with Crippen molar-refractivity contribution >= 4 is 29.1 Å². The fourth-order valence-corrected chi connectivity index (χ4v) is 4.21. The minimum atomic E-state index is 0.747. The number of methoxy groups -OCH3 is 1. The zero-order valence-corrected chi connectivity index (χ0v) is 11.2. The molecule has 0 bridgehead atoms. The Kier molecular flexibility index (Phi) is 4.41. The molecule has 88 valence electrons. The molecule has 0 spiro atoms. The molecule has 1 aromatic carbocycles. The molecule has 17 heavy (non-hydrogen) atoms. The summed E-state index contributed by atoms with van der Waals surface area (Å²) in [4.78, 5) is 0. The fourth-order valence-electron chi connectivity index (χ4n) is 1.64. The third kappa shape index (κ3) is 2.80. The number of hydrogen-bond acceptors (Lipinski definition) is 4. The Morgan fingerprint density at radius 2 is 2.00 bits per heavy atom. The van der Waals surface area contributed by atoms with Crippen LogP contribution in [0.5, 0.6) is 5.75 Å². The molecular weight excluding hydrogens is 250 g/mol. The Morgan fingerprint density at radius 3 is 2.65 bits per heavy atom. The van der Waals surface area contributed by atoms with E-state index in [2.05, 4.69) is 6.07 Å². The first-order valence-corrected chi connectivity index (χ1v) is 7.37. The highest BCUT2D eigenvalue weighted by Gasteiger charge is 2.16. The second kappa shape index (κ2) is 6.04. The molecule has 0 unspecified atom stereocenters. The van der Waals surface area contributed by atoms with E-state index >= 15 is 0 Å². The molecule has 0 amide bonds. The second-order valence-electron chi connectivity index (χ2n) is 3.53. The first-order valence-electron chi connectivity index (χ1n) is 5.40. The van der Waals surface area contributed by atoms with Crippen molar-refractivity contribution in [2.45, 2.75) is 6.42 Å². The molecule has 1 saturated heterocycles. The Hall–Kier alpha value is -1.05. The summed E-state index contributed by atoms with van der Waals surface area (Å²) in [5.41, 5.74) is 1.64. The Balaban J connectivity index is 2.45. The van der Waals surface area contributed by atoms with Crippen LogP contribution >= 0.6 is 23.5 Å². The topological polar surface area (TPSA) is 33.0 Å². The van der Waals surface area contributed by atoms with E-state index in [1.54, 1.807) is 30.6 Å². The van der Waals surface area contributed by atoms with Crippen molar-refractivity contribution in [2.24, 2.45) is 0 Å². The summed E-state index contributed by atoms with van der Waals surface area (Å²) in [5.74, 6) is 2.97. The minimum absolute atomic E-state index is 0.747. The van der Waals surface area contributed by atoms with Crippen molar-refractivity contribution in [3.8, 4) is 11.8 Å². The summed E-state index contributed by atoms with van der Waals surface area (Å²) in [6.07, 6.45) is 1.21. The lowest BCUT2D eigenvalue weighted by molar-refractivity contribution is 0.413. The van der Waals surface area contributed by atoms with E-state index < -0.39 is 0 Å². The van der Waals surface area contributed by atoms with Gasteiger partial charge in [0, 0.05) is 5.56 Å². The predicted octanol–water partition coefficient (Wildman–Crippen LogP) is 3.76. The normalized spacial score (nSPS) is 15.2. The summed E-state index contributed by atoms with van der Waals surface area (Å²) in [5, 5.41) is 9.36. The molecule has 0 aromatic heterocycles. The number of para-hydroxylation sites is 1. The van der Waals surface area contributed by atoms with Crippen molar-refractivity contribution in [3.63, 3.8) is 0 Å². The van der Waals surface area contributed by atoms with Gasteiger partial charge in [0.25, 0.3) is 0 Å². The lowest BCUT2D eigenvalue weighted by atomic mass is 10.1. The van der Waals surface area contributed by atoms with Gasteiger partial charge in [0.05, 0.1) is 16.9 Å². The standard InChI is InChI=1S/C13H13NOS2/c1-15-12-6-3-2-5-10(12)11(9-14)13-16-7-4-8-17-13/h2-3,5-6H,4,7-8H2,1H3. The van der Waals surface area contributed by atoms with Gasteiger partial charge in [0.1, 0.15) is 11.8 Å². The van der Waals surface area contributed by atoms with E-state index in [0.29, 0.717) is 0 Å². The van der Waals surface area contributed by atoms with E-state index in [9.17, 15) is 5.26 Å². The third-order valence-electron chi connectivity index (χ3n) is 2.45. The Morgan fingerprint density at radius 1 is 1.29 bits per heavy atom. The second-order valence-corrected chi connectivity index (χ2v) is 5.99. The molecule has 1 aliphatic rings. The monoisotopic (exact) mass is 263 g/mol. The number of rotatable bonds is 2. The highest BCUT2D eigenvalue weighted by Crippen LogP contribution is 2.41. The third-order valence-corrected chi connectivity index (χ3v) is 5.07. The van der Waals surface area contributed by atoms with Crippen LogP contribution in [0.15, 0.2) is 28.5 Å². The number of thioether (sulfide) groups is 2. The van der Waals surface area contributed by atoms with Crippen molar-refractivity contribution in [1.82, 2.24) is 0 Å². The molecule has 1 aromatic rings. The van der Waals surface area contributed by atoms with Gasteiger partial charge in [-0.25, -0.2) is 0 Å². The van der Waals surface area contributed by atoms with Crippen molar-refractivity contribution < 1.29 is 4.74 Å². The van der Waals surface area contributed by atoms with Gasteiger partial charge >= 0.3 is 0 Å². The lowest BCUT2D eigenvalue weighted by Gasteiger charge is -2.16. The highest BCUT2D eigenvalue weighted by atomic mass is 32.2. The molecule has 0 aliphatic carbocycles. The maximum absolute atomic E-state index is 9.36. The summed E-state index contributed by atoms with van der Waals surface area (Å²) < 4.78 is 6.44. The molecule has 1 heterocycles. The molecule has 2 nitrogen and oxygen atoms in total. The van der Waals surface area contributed by atoms with Crippen LogP contribution in [0.4, 0.5) is 0 Å². The first-order chi connectivity index (χ1) is 8.36. The maximum Gasteiger partial charge on any atom is 0.127 e. The van der Waals surface area contributed by atoms with Gasteiger partial charge < -0.3 is 4.74 Å². The van der Waals surface area contributed by atoms with E-state index in [1.807, 2.05) is 24.3 Å². The van der Waals surface area contributed by atoms with Crippen LogP contribution in [0.1, 0.15) is 12.0 Å². The molecule has 1 fully saturated rings. The van der Waals surface area contributed by atoms with E-state index in [0.717, 1.165) is 32.6 Å². The quantitative estimate of drug-likeness (QED) is 0.761. The summed E-state index contributed by atoms with van der Waals surface area (Å²) in [6, 6.07) is 10.0. The molecule has 0 saturated carbocycles. The van der Waals surface area contributed by atoms with Crippen LogP contribution in [0.25, 0.3) is 5.57 Å². The molecule has 4 heteroatoms. The largest absolute Gasteiger partial charge is 0.496 e. The number of allylic oxidation sites excluding steroid dienone is 1. The molecule has 0 atom stereocenters. The predicted molar refractivity (Wildman–Crippen MR) is 75.1 cm³/mol. The van der Waals surface area contributed by atoms with Crippen LogP contribution < -0.4 is 4.74 Å². The molecular formula is C13H13NOS2. The average Bonchev–Trinajstić information content (AvgIpc) is 2.41. The fraction of sp³-hybridized carbons (Fsp3) is 0.308. The number of ether oxygens (including phenoxy) is 1. The Bertz CT molecular complexity index is 469. The zero-order chi connectivity index (χ0) is 12.1. The van der Waals surface area contributed by atoms with Crippen molar-refractivity contribution in [3.05, 3.63) is 34.1 Å². The molecule has 0 radical (unpaired) electrons. The number of nitrogens with zero attached hydrogens (tertiary/aromatic N) is 1. The van der Waals surface area contributed by atoms with Crippen LogP contribution in [-0.4, -0.2) is 18.6 Å². The van der Waals surface area contributed by atoms with E-state index in [4.69, 9.17) is 4.74 Å². The van der Waals surface area contributed by atoms with E-state index in [1.165, 1.54) is 6.42 Å². The SMILES string of the molecule is COc1ccccc1C(C#N)=C1SCCCS1. The van der Waals surface area contributed by atoms with Gasteiger partial charge in [0.15, 0.2) is 0 Å². The maximum atomic E-state index is 9.36. The first kappa shape index (κ1) is 12.4. The highest BCUT2D eigenvalue weighted by molar-refractivity contribution is 8.23. The summed E-state index contributed by atoms with van der Waals surface area (Å²) in [6.45, 7) is 0. The van der Waals surface area contributed by atoms with Gasteiger partial charge in [-0.05, 0) is 30.1 Å². The summed E-state index contributed by atoms with van der Waals surface area (Å²) >= 11 is 3.55. The van der Waals surface area contributed by atoms with Gasteiger partial charge in [0.2, 0.25) is 0 Å². The van der Waals surface area contributed by atoms with Crippen molar-refractivity contribution in [1.29, 1.82) is 5.26 Å². The number of benzene rings is 1. The smallest absolute Gasteiger partial charge is 0.127 e.